The zero-order chi connectivity index (χ0) is 14.2. The van der Waals surface area contributed by atoms with Crippen LogP contribution in [-0.4, -0.2) is 33.7 Å². The summed E-state index contributed by atoms with van der Waals surface area (Å²) in [6.45, 7) is 5.94. The molecule has 2 rings (SSSR count). The highest BCUT2D eigenvalue weighted by Crippen LogP contribution is 2.25. The van der Waals surface area contributed by atoms with Gasteiger partial charge in [0.1, 0.15) is 5.54 Å². The molecule has 0 aliphatic carbocycles. The van der Waals surface area contributed by atoms with Crippen LogP contribution in [0.1, 0.15) is 32.4 Å². The number of hydrogen-bond acceptors (Lipinski definition) is 3. The normalized spacial score (nSPS) is 24.3. The molecule has 1 aromatic heterocycles. The number of nitrogens with zero attached hydrogens (tertiary/aromatic N) is 3. The number of hydrogen-bond donors (Lipinski definition) is 1. The Morgan fingerprint density at radius 3 is 2.68 bits per heavy atom. The second kappa shape index (κ2) is 4.68. The third-order valence-electron chi connectivity index (χ3n) is 3.68. The molecular formula is C13H20N4O2. The summed E-state index contributed by atoms with van der Waals surface area (Å²) in [4.78, 5) is 26.1. The average Bonchev–Trinajstić information content (AvgIpc) is 2.62. The SMILES string of the molecule is CCC1(C)NC(=O)CCN(c2cn(C)nc2C)C1=O. The fourth-order valence-electron chi connectivity index (χ4n) is 2.36. The van der Waals surface area contributed by atoms with Crippen molar-refractivity contribution >= 4 is 17.5 Å². The second-order valence-electron chi connectivity index (χ2n) is 5.21. The summed E-state index contributed by atoms with van der Waals surface area (Å²) in [5.74, 6) is -0.154. The van der Waals surface area contributed by atoms with Crippen LogP contribution < -0.4 is 10.2 Å². The third kappa shape index (κ3) is 2.34. The molecule has 2 heterocycles. The average molecular weight is 264 g/mol. The lowest BCUT2D eigenvalue weighted by Crippen LogP contribution is -2.54. The van der Waals surface area contributed by atoms with Crippen molar-refractivity contribution in [2.75, 3.05) is 11.4 Å². The molecule has 6 heteroatoms. The highest BCUT2D eigenvalue weighted by molar-refractivity contribution is 6.04. The maximum atomic E-state index is 12.7. The third-order valence-corrected chi connectivity index (χ3v) is 3.68. The Morgan fingerprint density at radius 2 is 2.16 bits per heavy atom. The van der Waals surface area contributed by atoms with Gasteiger partial charge in [-0.2, -0.15) is 5.10 Å². The van der Waals surface area contributed by atoms with E-state index in [1.165, 1.54) is 0 Å². The van der Waals surface area contributed by atoms with Crippen LogP contribution in [0.4, 0.5) is 5.69 Å². The van der Waals surface area contributed by atoms with E-state index >= 15 is 0 Å². The van der Waals surface area contributed by atoms with Crippen LogP contribution >= 0.6 is 0 Å². The Kier molecular flexibility index (Phi) is 3.34. The van der Waals surface area contributed by atoms with Crippen molar-refractivity contribution in [3.05, 3.63) is 11.9 Å². The fourth-order valence-corrected chi connectivity index (χ4v) is 2.36. The van der Waals surface area contributed by atoms with Crippen molar-refractivity contribution in [2.24, 2.45) is 7.05 Å². The van der Waals surface area contributed by atoms with Gasteiger partial charge in [0.05, 0.1) is 11.4 Å². The number of amides is 2. The summed E-state index contributed by atoms with van der Waals surface area (Å²) in [6.07, 6.45) is 2.70. The maximum absolute atomic E-state index is 12.7. The zero-order valence-corrected chi connectivity index (χ0v) is 11.9. The second-order valence-corrected chi connectivity index (χ2v) is 5.21. The molecule has 1 saturated heterocycles. The maximum Gasteiger partial charge on any atom is 0.252 e. The van der Waals surface area contributed by atoms with Crippen LogP contribution in [0.15, 0.2) is 6.20 Å². The van der Waals surface area contributed by atoms with E-state index in [1.54, 1.807) is 16.5 Å². The number of carbonyl (C=O) groups excluding carboxylic acids is 2. The van der Waals surface area contributed by atoms with Crippen LogP contribution in [0.2, 0.25) is 0 Å². The van der Waals surface area contributed by atoms with Gasteiger partial charge >= 0.3 is 0 Å². The Balaban J connectivity index is 2.42. The molecule has 1 unspecified atom stereocenters. The van der Waals surface area contributed by atoms with E-state index in [1.807, 2.05) is 27.1 Å². The Bertz CT molecular complexity index is 523. The first-order valence-electron chi connectivity index (χ1n) is 6.50. The molecule has 1 aliphatic rings. The van der Waals surface area contributed by atoms with Crippen molar-refractivity contribution in [3.8, 4) is 0 Å². The van der Waals surface area contributed by atoms with Crippen molar-refractivity contribution in [1.29, 1.82) is 0 Å². The molecule has 2 amide bonds. The Morgan fingerprint density at radius 1 is 1.47 bits per heavy atom. The summed E-state index contributed by atoms with van der Waals surface area (Å²) in [5.41, 5.74) is 0.739. The van der Waals surface area contributed by atoms with Crippen LogP contribution in [-0.2, 0) is 16.6 Å². The standard InChI is InChI=1S/C13H20N4O2/c1-5-13(3)12(19)17(7-6-11(18)14-13)10-8-16(4)15-9(10)2/h8H,5-7H2,1-4H3,(H,14,18). The minimum absolute atomic E-state index is 0.0723. The molecule has 1 aliphatic heterocycles. The van der Waals surface area contributed by atoms with E-state index < -0.39 is 5.54 Å². The quantitative estimate of drug-likeness (QED) is 0.857. The smallest absolute Gasteiger partial charge is 0.252 e. The van der Waals surface area contributed by atoms with E-state index in [2.05, 4.69) is 10.4 Å². The first kappa shape index (κ1) is 13.6. The van der Waals surface area contributed by atoms with E-state index in [-0.39, 0.29) is 11.8 Å². The van der Waals surface area contributed by atoms with E-state index in [0.29, 0.717) is 19.4 Å². The number of anilines is 1. The van der Waals surface area contributed by atoms with Gasteiger partial charge in [-0.05, 0) is 20.3 Å². The monoisotopic (exact) mass is 264 g/mol. The summed E-state index contributed by atoms with van der Waals surface area (Å²) in [7, 11) is 1.82. The zero-order valence-electron chi connectivity index (χ0n) is 11.9. The van der Waals surface area contributed by atoms with Gasteiger partial charge in [0.2, 0.25) is 5.91 Å². The van der Waals surface area contributed by atoms with Crippen LogP contribution in [0.5, 0.6) is 0 Å². The number of nitrogens with one attached hydrogen (secondary N) is 1. The van der Waals surface area contributed by atoms with E-state index in [9.17, 15) is 9.59 Å². The van der Waals surface area contributed by atoms with Crippen LogP contribution in [0.3, 0.4) is 0 Å². The number of rotatable bonds is 2. The molecule has 1 atom stereocenters. The molecule has 1 fully saturated rings. The van der Waals surface area contributed by atoms with E-state index in [4.69, 9.17) is 0 Å². The summed E-state index contributed by atoms with van der Waals surface area (Å²) in [6, 6.07) is 0. The van der Waals surface area contributed by atoms with Gasteiger partial charge in [0.15, 0.2) is 0 Å². The molecule has 6 nitrogen and oxygen atoms in total. The highest BCUT2D eigenvalue weighted by atomic mass is 16.2. The van der Waals surface area contributed by atoms with Crippen molar-refractivity contribution in [2.45, 2.75) is 39.2 Å². The molecule has 0 bridgehead atoms. The molecule has 19 heavy (non-hydrogen) atoms. The van der Waals surface area contributed by atoms with Crippen molar-refractivity contribution in [1.82, 2.24) is 15.1 Å². The van der Waals surface area contributed by atoms with Gasteiger partial charge in [-0.25, -0.2) is 0 Å². The van der Waals surface area contributed by atoms with Crippen molar-refractivity contribution in [3.63, 3.8) is 0 Å². The Labute approximate surface area is 112 Å². The summed E-state index contributed by atoms with van der Waals surface area (Å²) >= 11 is 0. The number of aryl methyl sites for hydroxylation is 2. The van der Waals surface area contributed by atoms with Gasteiger partial charge in [0, 0.05) is 26.2 Å². The number of aromatic nitrogens is 2. The fraction of sp³-hybridized carbons (Fsp3) is 0.615. The number of carbonyl (C=O) groups is 2. The largest absolute Gasteiger partial charge is 0.342 e. The predicted molar refractivity (Wildman–Crippen MR) is 71.8 cm³/mol. The predicted octanol–water partition coefficient (Wildman–Crippen LogP) is 0.750. The topological polar surface area (TPSA) is 67.2 Å². The molecule has 1 N–H and O–H groups in total. The summed E-state index contributed by atoms with van der Waals surface area (Å²) < 4.78 is 1.68. The molecule has 0 radical (unpaired) electrons. The first-order valence-corrected chi connectivity index (χ1v) is 6.50. The minimum Gasteiger partial charge on any atom is -0.342 e. The Hall–Kier alpha value is -1.85. The molecule has 0 aromatic carbocycles. The summed E-state index contributed by atoms with van der Waals surface area (Å²) in [5, 5.41) is 7.08. The first-order chi connectivity index (χ1) is 8.87. The highest BCUT2D eigenvalue weighted by Gasteiger charge is 2.40. The molecule has 1 aromatic rings. The molecule has 104 valence electrons. The lowest BCUT2D eigenvalue weighted by molar-refractivity contribution is -0.129. The van der Waals surface area contributed by atoms with Gasteiger partial charge in [-0.3, -0.25) is 14.3 Å². The van der Waals surface area contributed by atoms with Gasteiger partial charge in [-0.1, -0.05) is 6.92 Å². The minimum atomic E-state index is -0.837. The van der Waals surface area contributed by atoms with Gasteiger partial charge < -0.3 is 10.2 Å². The van der Waals surface area contributed by atoms with Crippen LogP contribution in [0.25, 0.3) is 0 Å². The van der Waals surface area contributed by atoms with Gasteiger partial charge in [0.25, 0.3) is 5.91 Å². The van der Waals surface area contributed by atoms with Crippen molar-refractivity contribution < 1.29 is 9.59 Å². The van der Waals surface area contributed by atoms with E-state index in [0.717, 1.165) is 11.4 Å². The van der Waals surface area contributed by atoms with Gasteiger partial charge in [-0.15, -0.1) is 0 Å². The molecule has 0 spiro atoms. The lowest BCUT2D eigenvalue weighted by Gasteiger charge is -2.30. The lowest BCUT2D eigenvalue weighted by atomic mass is 9.97. The van der Waals surface area contributed by atoms with Crippen LogP contribution in [0, 0.1) is 6.92 Å². The molecular weight excluding hydrogens is 244 g/mol. The molecule has 0 saturated carbocycles.